The molecular formula is C18H37NO2. The molecule has 2 atom stereocenters. The summed E-state index contributed by atoms with van der Waals surface area (Å²) >= 11 is 0. The van der Waals surface area contributed by atoms with Gasteiger partial charge in [-0.2, -0.15) is 0 Å². The highest BCUT2D eigenvalue weighted by molar-refractivity contribution is 5.60. The van der Waals surface area contributed by atoms with Crippen LogP contribution >= 0.6 is 0 Å². The van der Waals surface area contributed by atoms with Crippen molar-refractivity contribution in [3.05, 3.63) is 0 Å². The SMILES string of the molecule is CC(=O)[O-].CCCCCCCC[NH+]1CCC(CCCC)C1. The molecule has 1 aliphatic heterocycles. The first-order chi connectivity index (χ1) is 10.1. The molecular weight excluding hydrogens is 262 g/mol. The van der Waals surface area contributed by atoms with Crippen LogP contribution in [0.2, 0.25) is 0 Å². The molecule has 1 saturated heterocycles. The maximum atomic E-state index is 8.89. The van der Waals surface area contributed by atoms with Gasteiger partial charge in [0.15, 0.2) is 0 Å². The fourth-order valence-corrected chi connectivity index (χ4v) is 3.14. The van der Waals surface area contributed by atoms with Crippen molar-refractivity contribution in [3.8, 4) is 0 Å². The third-order valence-corrected chi connectivity index (χ3v) is 4.33. The van der Waals surface area contributed by atoms with E-state index in [0.29, 0.717) is 0 Å². The van der Waals surface area contributed by atoms with Crippen LogP contribution in [-0.4, -0.2) is 25.6 Å². The zero-order valence-corrected chi connectivity index (χ0v) is 14.6. The van der Waals surface area contributed by atoms with Gasteiger partial charge in [0.05, 0.1) is 19.6 Å². The Balaban J connectivity index is 0.000000885. The second kappa shape index (κ2) is 14.4. The predicted octanol–water partition coefficient (Wildman–Crippen LogP) is 2.20. The highest BCUT2D eigenvalue weighted by Crippen LogP contribution is 2.13. The van der Waals surface area contributed by atoms with Gasteiger partial charge in [0.1, 0.15) is 0 Å². The number of quaternary nitrogens is 1. The third-order valence-electron chi connectivity index (χ3n) is 4.33. The van der Waals surface area contributed by atoms with E-state index in [1.54, 1.807) is 0 Å². The van der Waals surface area contributed by atoms with Crippen molar-refractivity contribution in [2.45, 2.75) is 85.0 Å². The van der Waals surface area contributed by atoms with Gasteiger partial charge < -0.3 is 14.8 Å². The lowest BCUT2D eigenvalue weighted by Crippen LogP contribution is -3.10. The summed E-state index contributed by atoms with van der Waals surface area (Å²) in [6.45, 7) is 9.98. The summed E-state index contributed by atoms with van der Waals surface area (Å²) in [7, 11) is 0. The first-order valence-electron chi connectivity index (χ1n) is 9.11. The molecule has 1 heterocycles. The van der Waals surface area contributed by atoms with Crippen molar-refractivity contribution in [3.63, 3.8) is 0 Å². The van der Waals surface area contributed by atoms with Crippen molar-refractivity contribution in [2.75, 3.05) is 19.6 Å². The molecule has 0 aromatic carbocycles. The molecule has 1 aliphatic rings. The van der Waals surface area contributed by atoms with Crippen LogP contribution < -0.4 is 10.0 Å². The molecule has 21 heavy (non-hydrogen) atoms. The van der Waals surface area contributed by atoms with Crippen LogP contribution in [0.3, 0.4) is 0 Å². The maximum Gasteiger partial charge on any atom is 0.0801 e. The Morgan fingerprint density at radius 1 is 1.05 bits per heavy atom. The Kier molecular flexibility index (Phi) is 14.0. The normalized spacial score (nSPS) is 20.9. The van der Waals surface area contributed by atoms with E-state index in [0.717, 1.165) is 12.8 Å². The number of nitrogens with one attached hydrogen (secondary N) is 1. The second-order valence-corrected chi connectivity index (χ2v) is 6.51. The average molecular weight is 299 g/mol. The van der Waals surface area contributed by atoms with E-state index in [2.05, 4.69) is 13.8 Å². The minimum Gasteiger partial charge on any atom is -0.550 e. The number of hydrogen-bond acceptors (Lipinski definition) is 2. The largest absolute Gasteiger partial charge is 0.550 e. The lowest BCUT2D eigenvalue weighted by atomic mass is 10.0. The van der Waals surface area contributed by atoms with E-state index in [1.165, 1.54) is 83.8 Å². The molecule has 1 fully saturated rings. The molecule has 0 aromatic heterocycles. The Morgan fingerprint density at radius 3 is 2.24 bits per heavy atom. The summed E-state index contributed by atoms with van der Waals surface area (Å²) in [6, 6.07) is 0. The van der Waals surface area contributed by atoms with E-state index in [4.69, 9.17) is 9.90 Å². The van der Waals surface area contributed by atoms with Gasteiger partial charge >= 0.3 is 0 Å². The van der Waals surface area contributed by atoms with Gasteiger partial charge in [-0.3, -0.25) is 0 Å². The number of carbonyl (C=O) groups is 1. The van der Waals surface area contributed by atoms with Crippen LogP contribution in [0.25, 0.3) is 0 Å². The molecule has 0 saturated carbocycles. The number of hydrogen-bond donors (Lipinski definition) is 1. The standard InChI is InChI=1S/C16H33N.C2H4O2/c1-3-5-7-8-9-10-13-17-14-12-16(15-17)11-6-4-2;1-2(3)4/h16H,3-15H2,1-2H3;1H3,(H,3,4). The molecule has 3 nitrogen and oxygen atoms in total. The average Bonchev–Trinajstić information content (AvgIpc) is 2.87. The van der Waals surface area contributed by atoms with E-state index in [9.17, 15) is 0 Å². The topological polar surface area (TPSA) is 44.6 Å². The Morgan fingerprint density at radius 2 is 1.62 bits per heavy atom. The lowest BCUT2D eigenvalue weighted by molar-refractivity contribution is -0.889. The Labute approximate surface area is 132 Å². The van der Waals surface area contributed by atoms with E-state index < -0.39 is 5.97 Å². The van der Waals surface area contributed by atoms with E-state index >= 15 is 0 Å². The highest BCUT2D eigenvalue weighted by Gasteiger charge is 2.24. The molecule has 126 valence electrons. The molecule has 0 radical (unpaired) electrons. The van der Waals surface area contributed by atoms with Crippen LogP contribution in [0.1, 0.15) is 85.0 Å². The van der Waals surface area contributed by atoms with E-state index in [-0.39, 0.29) is 0 Å². The number of aliphatic carboxylic acids is 1. The fourth-order valence-electron chi connectivity index (χ4n) is 3.14. The first kappa shape index (κ1) is 20.4. The number of carboxylic acid groups (broad SMARTS) is 1. The number of carbonyl (C=O) groups excluding carboxylic acids is 1. The highest BCUT2D eigenvalue weighted by atomic mass is 16.4. The van der Waals surface area contributed by atoms with Crippen molar-refractivity contribution in [2.24, 2.45) is 5.92 Å². The smallest absolute Gasteiger partial charge is 0.0801 e. The van der Waals surface area contributed by atoms with Gasteiger partial charge in [-0.15, -0.1) is 0 Å². The van der Waals surface area contributed by atoms with Crippen molar-refractivity contribution < 1.29 is 14.8 Å². The van der Waals surface area contributed by atoms with Crippen LogP contribution in [0.4, 0.5) is 0 Å². The molecule has 2 unspecified atom stereocenters. The second-order valence-electron chi connectivity index (χ2n) is 6.51. The molecule has 3 heteroatoms. The minimum absolute atomic E-state index is 0.972. The summed E-state index contributed by atoms with van der Waals surface area (Å²) in [4.78, 5) is 10.8. The number of likely N-dealkylation sites (tertiary alicyclic amines) is 1. The molecule has 0 spiro atoms. The van der Waals surface area contributed by atoms with Gasteiger partial charge in [0.25, 0.3) is 0 Å². The van der Waals surface area contributed by atoms with Crippen LogP contribution in [-0.2, 0) is 4.79 Å². The van der Waals surface area contributed by atoms with Crippen molar-refractivity contribution >= 4 is 5.97 Å². The Hall–Kier alpha value is -0.570. The summed E-state index contributed by atoms with van der Waals surface area (Å²) < 4.78 is 0. The molecule has 0 aliphatic carbocycles. The molecule has 1 rings (SSSR count). The maximum absolute atomic E-state index is 8.89. The zero-order valence-electron chi connectivity index (χ0n) is 14.6. The fraction of sp³-hybridized carbons (Fsp3) is 0.944. The molecule has 0 aromatic rings. The lowest BCUT2D eigenvalue weighted by Gasteiger charge is -2.13. The predicted molar refractivity (Wildman–Crippen MR) is 87.3 cm³/mol. The molecule has 0 bridgehead atoms. The van der Waals surface area contributed by atoms with Crippen LogP contribution in [0, 0.1) is 5.92 Å². The van der Waals surface area contributed by atoms with Crippen molar-refractivity contribution in [1.82, 2.24) is 0 Å². The van der Waals surface area contributed by atoms with Gasteiger partial charge in [-0.1, -0.05) is 52.4 Å². The van der Waals surface area contributed by atoms with Crippen molar-refractivity contribution in [1.29, 1.82) is 0 Å². The van der Waals surface area contributed by atoms with Crippen LogP contribution in [0.5, 0.6) is 0 Å². The Bertz CT molecular complexity index is 239. The summed E-state index contributed by atoms with van der Waals surface area (Å²) in [5.41, 5.74) is 0. The zero-order chi connectivity index (χ0) is 15.9. The van der Waals surface area contributed by atoms with Gasteiger partial charge in [0, 0.05) is 18.3 Å². The van der Waals surface area contributed by atoms with Gasteiger partial charge in [0.2, 0.25) is 0 Å². The molecule has 1 N–H and O–H groups in total. The van der Waals surface area contributed by atoms with Crippen LogP contribution in [0.15, 0.2) is 0 Å². The monoisotopic (exact) mass is 299 g/mol. The molecule has 0 amide bonds. The summed E-state index contributed by atoms with van der Waals surface area (Å²) in [6.07, 6.45) is 14.5. The third kappa shape index (κ3) is 14.1. The number of unbranched alkanes of at least 4 members (excludes halogenated alkanes) is 6. The summed E-state index contributed by atoms with van der Waals surface area (Å²) in [5, 5.41) is 8.89. The van der Waals surface area contributed by atoms with Gasteiger partial charge in [-0.25, -0.2) is 0 Å². The number of carboxylic acids is 1. The van der Waals surface area contributed by atoms with E-state index in [1.807, 2.05) is 4.90 Å². The first-order valence-corrected chi connectivity index (χ1v) is 9.11. The van der Waals surface area contributed by atoms with Gasteiger partial charge in [-0.05, 0) is 26.2 Å². The quantitative estimate of drug-likeness (QED) is 0.629. The number of rotatable bonds is 10. The summed E-state index contributed by atoms with van der Waals surface area (Å²) in [5.74, 6) is -0.0231. The minimum atomic E-state index is -1.08.